The predicted octanol–water partition coefficient (Wildman–Crippen LogP) is 23.5. The molecule has 0 aromatic heterocycles. The zero-order chi connectivity index (χ0) is 96.1. The second kappa shape index (κ2) is 44.8. The van der Waals surface area contributed by atoms with Gasteiger partial charge in [-0.05, 0) is 220 Å². The fourth-order valence-electron chi connectivity index (χ4n) is 12.8. The van der Waals surface area contributed by atoms with Gasteiger partial charge in [0, 0.05) is 94.3 Å². The number of halogens is 7. The Kier molecular flexibility index (Phi) is 33.8. The minimum absolute atomic E-state index is 0.0215. The summed E-state index contributed by atoms with van der Waals surface area (Å²) in [6.45, 7) is 5.68. The third-order valence-electron chi connectivity index (χ3n) is 19.8. The van der Waals surface area contributed by atoms with Gasteiger partial charge in [-0.2, -0.15) is 0 Å². The molecule has 0 fully saturated rings. The number of ketones is 5. The van der Waals surface area contributed by atoms with Crippen molar-refractivity contribution in [2.75, 3.05) is 42.6 Å². The van der Waals surface area contributed by atoms with Crippen LogP contribution < -0.4 is 28.5 Å². The van der Waals surface area contributed by atoms with Crippen LogP contribution in [0.5, 0.6) is 0 Å². The standard InChI is InChI=1S/C22H21ClN2O2S.C21H17ClFNO3S.C20H15ClFNO3S.C20H16ClNO3S.C18H14ClNO3S/c1-25(2)18-10-12-19(13-11-18)28(3,27)24-21-14-9-17(23)15-20(21)22(26)16-7-5-4-6-8-16;1-2-14-7-10-16(11-8-14)28(26,27)24-20-12-9-15(22)13-18(20)21(25)17-5-3-4-6-19(17)23;1-13-6-9-15(10-7-13)27(25,26)23-19-11-8-14(21)12-17(19)20(24)16-4-2-3-5-18(16)22;1-14-7-10-17(11-8-14)26(24,25)22-19-12-9-16(21)13-18(19)20(23)15-5-3-2-4-6-15;19-14-10-11-17(20-24(22,23)15-8-4-5-9-15)16(12-14)18(21)13-6-2-1-3-7-13/h4-15H,3H2,1-2H3,(H,24,27);3-13,24H,2H2,1H3;2-12,23H,1H3;2-13,22H,1H3;1-4,6-12,20H,5H2. The van der Waals surface area contributed by atoms with Gasteiger partial charge in [-0.1, -0.05) is 240 Å². The Morgan fingerprint density at radius 1 is 0.331 bits per heavy atom. The van der Waals surface area contributed by atoms with Crippen molar-refractivity contribution >= 4 is 177 Å². The molecule has 0 heterocycles. The first-order chi connectivity index (χ1) is 63.2. The summed E-state index contributed by atoms with van der Waals surface area (Å²) < 4.78 is 155. The van der Waals surface area contributed by atoms with Gasteiger partial charge in [-0.25, -0.2) is 46.7 Å². The van der Waals surface area contributed by atoms with Gasteiger partial charge in [-0.15, -0.1) is 0 Å². The Hall–Kier alpha value is -13.2. The van der Waals surface area contributed by atoms with Crippen molar-refractivity contribution in [2.45, 2.75) is 53.2 Å². The molecule has 1 aliphatic carbocycles. The number of nitrogens with one attached hydrogen (secondary N) is 5. The molecule has 0 saturated heterocycles. The fourth-order valence-corrected chi connectivity index (χ4v) is 19.3. The van der Waals surface area contributed by atoms with Crippen molar-refractivity contribution in [3.05, 3.63) is 460 Å². The molecule has 0 amide bonds. The third kappa shape index (κ3) is 26.8. The average molecular weight is 1980 g/mol. The van der Waals surface area contributed by atoms with E-state index in [1.165, 1.54) is 146 Å². The van der Waals surface area contributed by atoms with Crippen LogP contribution >= 0.6 is 58.0 Å². The van der Waals surface area contributed by atoms with Crippen molar-refractivity contribution in [2.24, 2.45) is 0 Å². The summed E-state index contributed by atoms with van der Waals surface area (Å²) in [7, 11) is -14.4. The van der Waals surface area contributed by atoms with E-state index in [1.54, 1.807) is 170 Å². The number of anilines is 6. The highest BCUT2D eigenvalue weighted by Crippen LogP contribution is 2.35. The van der Waals surface area contributed by atoms with Crippen LogP contribution in [-0.4, -0.2) is 86.8 Å². The molecule has 14 aromatic carbocycles. The highest BCUT2D eigenvalue weighted by molar-refractivity contribution is 8.01. The number of nitrogens with zero attached hydrogens (tertiary/aromatic N) is 1. The fraction of sp³-hybridized carbons (Fsp3) is 0.0693. The lowest BCUT2D eigenvalue weighted by Gasteiger charge is -2.18. The van der Waals surface area contributed by atoms with Crippen molar-refractivity contribution in [1.29, 1.82) is 0 Å². The number of rotatable bonds is 27. The Balaban J connectivity index is 0.000000160. The molecule has 14 aromatic rings. The summed E-state index contributed by atoms with van der Waals surface area (Å²) in [4.78, 5) is 67.0. The van der Waals surface area contributed by atoms with E-state index in [1.807, 2.05) is 58.0 Å². The smallest absolute Gasteiger partial charge is 0.261 e. The van der Waals surface area contributed by atoms with Crippen LogP contribution in [0.2, 0.25) is 25.1 Å². The van der Waals surface area contributed by atoms with E-state index in [-0.39, 0.29) is 103 Å². The summed E-state index contributed by atoms with van der Waals surface area (Å²) in [5.41, 5.74) is 6.49. The molecule has 15 rings (SSSR count). The maximum Gasteiger partial charge on any atom is 0.261 e. The molecule has 0 radical (unpaired) electrons. The molecule has 32 heteroatoms. The van der Waals surface area contributed by atoms with Gasteiger partial charge < -0.3 is 9.62 Å². The van der Waals surface area contributed by atoms with Crippen LogP contribution in [0.3, 0.4) is 0 Å². The molecular weight excluding hydrogens is 1900 g/mol. The Morgan fingerprint density at radius 2 is 0.609 bits per heavy atom. The maximum absolute atomic E-state index is 14.0. The largest absolute Gasteiger partial charge is 0.378 e. The minimum atomic E-state index is -3.94. The quantitative estimate of drug-likeness (QED) is 0.0236. The molecule has 1 atom stereocenters. The van der Waals surface area contributed by atoms with Crippen LogP contribution in [0.15, 0.2) is 370 Å². The molecule has 133 heavy (non-hydrogen) atoms. The number of hydrogen-bond acceptors (Lipinski definition) is 15. The molecule has 0 spiro atoms. The van der Waals surface area contributed by atoms with Crippen LogP contribution in [0.1, 0.15) is 110 Å². The molecule has 680 valence electrons. The van der Waals surface area contributed by atoms with Crippen LogP contribution in [-0.2, 0) is 56.2 Å². The monoisotopic (exact) mass is 1980 g/mol. The first kappa shape index (κ1) is 100. The van der Waals surface area contributed by atoms with Gasteiger partial charge in [0.15, 0.2) is 28.9 Å². The predicted molar refractivity (Wildman–Crippen MR) is 529 cm³/mol. The normalized spacial score (nSPS) is 12.0. The first-order valence-electron chi connectivity index (χ1n) is 40.2. The number of carbonyl (C=O) groups is 5. The topological polar surface area (TPSA) is 302 Å². The number of carbonyl (C=O) groups excluding carboxylic acids is 5. The lowest BCUT2D eigenvalue weighted by molar-refractivity contribution is 0.102. The van der Waals surface area contributed by atoms with Crippen molar-refractivity contribution in [3.63, 3.8) is 0 Å². The number of benzene rings is 14. The van der Waals surface area contributed by atoms with E-state index in [2.05, 4.69) is 29.5 Å². The third-order valence-corrected chi connectivity index (χ3v) is 28.1. The van der Waals surface area contributed by atoms with Crippen LogP contribution in [0.4, 0.5) is 42.9 Å². The van der Waals surface area contributed by atoms with Gasteiger partial charge in [0.25, 0.3) is 40.1 Å². The number of sulfonamides is 4. The number of hydrogen-bond donors (Lipinski definition) is 5. The van der Waals surface area contributed by atoms with E-state index in [0.29, 0.717) is 54.3 Å². The zero-order valence-electron chi connectivity index (χ0n) is 71.4. The van der Waals surface area contributed by atoms with Crippen LogP contribution in [0.25, 0.3) is 0 Å². The first-order valence-corrected chi connectivity index (χ1v) is 49.7. The Morgan fingerprint density at radius 3 is 0.902 bits per heavy atom. The Bertz CT molecular complexity index is 7370. The highest BCUT2D eigenvalue weighted by atomic mass is 35.5. The van der Waals surface area contributed by atoms with E-state index >= 15 is 0 Å². The Labute approximate surface area is 796 Å². The summed E-state index contributed by atoms with van der Waals surface area (Å²) in [5, 5.41) is 1.60. The summed E-state index contributed by atoms with van der Waals surface area (Å²) >= 11 is 30.1. The van der Waals surface area contributed by atoms with E-state index in [4.69, 9.17) is 58.0 Å². The molecule has 0 bridgehead atoms. The molecule has 1 unspecified atom stereocenters. The molecule has 20 nitrogen and oxygen atoms in total. The molecule has 0 saturated carbocycles. The summed E-state index contributed by atoms with van der Waals surface area (Å²) in [6.07, 6.45) is 6.26. The zero-order valence-corrected chi connectivity index (χ0v) is 79.2. The van der Waals surface area contributed by atoms with Gasteiger partial charge in [0.05, 0.1) is 68.9 Å². The molecule has 5 N–H and O–H groups in total. The molecule has 0 aliphatic heterocycles. The molecular formula is C101H83Cl5F2N6O14S5. The summed E-state index contributed by atoms with van der Waals surface area (Å²) in [5.74, 6) is 0.317. The van der Waals surface area contributed by atoms with Gasteiger partial charge in [-0.3, -0.25) is 42.9 Å². The van der Waals surface area contributed by atoms with Crippen molar-refractivity contribution in [3.8, 4) is 0 Å². The second-order valence-electron chi connectivity index (χ2n) is 29.6. The lowest BCUT2D eigenvalue weighted by atomic mass is 10.0. The van der Waals surface area contributed by atoms with Crippen molar-refractivity contribution in [1.82, 2.24) is 0 Å². The van der Waals surface area contributed by atoms with E-state index < -0.39 is 73.0 Å². The summed E-state index contributed by atoms with van der Waals surface area (Å²) in [6, 6.07) is 85.7. The average Bonchev–Trinajstić information content (AvgIpc) is 1.58. The second-order valence-corrected chi connectivity index (χ2v) is 40.5. The van der Waals surface area contributed by atoms with Gasteiger partial charge in [0.1, 0.15) is 11.6 Å². The van der Waals surface area contributed by atoms with Crippen molar-refractivity contribution < 1.29 is 70.6 Å². The minimum Gasteiger partial charge on any atom is -0.378 e. The van der Waals surface area contributed by atoms with E-state index in [9.17, 15) is 70.6 Å². The molecule has 1 aliphatic rings. The number of aryl methyl sites for hydroxylation is 3. The van der Waals surface area contributed by atoms with Gasteiger partial charge in [0.2, 0.25) is 0 Å². The van der Waals surface area contributed by atoms with Crippen LogP contribution in [0, 0.1) is 25.5 Å². The highest BCUT2D eigenvalue weighted by Gasteiger charge is 2.28. The lowest BCUT2D eigenvalue weighted by Crippen LogP contribution is -2.16. The van der Waals surface area contributed by atoms with E-state index in [0.717, 1.165) is 40.9 Å². The number of allylic oxidation sites excluding steroid dienone is 3. The maximum atomic E-state index is 14.0. The SMILES string of the molecule is C=S(=O)(Nc1ccc(Cl)cc1C(=O)c1ccccc1)c1ccc(N(C)C)cc1.CCc1ccc(S(=O)(=O)Nc2ccc(Cl)cc2C(=O)c2ccccc2F)cc1.Cc1ccc(S(=O)(=O)Nc2ccc(Cl)cc2C(=O)c2ccccc2)cc1.Cc1ccc(S(=O)(=O)Nc2ccc(Cl)cc2C(=O)c2ccccc2F)cc1.O=C(c1ccccc1)c1cc(Cl)ccc1NS(=O)(=O)C1=CCC=C1. The van der Waals surface area contributed by atoms with Gasteiger partial charge >= 0.3 is 0 Å².